The summed E-state index contributed by atoms with van der Waals surface area (Å²) in [6, 6.07) is 11.5. The summed E-state index contributed by atoms with van der Waals surface area (Å²) >= 11 is 0. The molecule has 11 heteroatoms. The van der Waals surface area contributed by atoms with Crippen molar-refractivity contribution in [3.05, 3.63) is 64.5 Å². The molecule has 0 saturated carbocycles. The zero-order valence-electron chi connectivity index (χ0n) is 17.0. The first-order chi connectivity index (χ1) is 15.3. The summed E-state index contributed by atoms with van der Waals surface area (Å²) in [6.45, 7) is 0.0340. The SMILES string of the molecule is O=C(COC(=O)C1CCCN(C(=O)Nc2ccccc2)C1)Nc1ccc(F)c([N+](=O)[O-])c1. The molecule has 1 heterocycles. The van der Waals surface area contributed by atoms with Gasteiger partial charge in [0.25, 0.3) is 5.91 Å². The molecule has 32 heavy (non-hydrogen) atoms. The van der Waals surface area contributed by atoms with Gasteiger partial charge >= 0.3 is 17.7 Å². The molecule has 1 aliphatic heterocycles. The van der Waals surface area contributed by atoms with Crippen molar-refractivity contribution in [2.45, 2.75) is 12.8 Å². The number of nitrogens with one attached hydrogen (secondary N) is 2. The Labute approximate surface area is 182 Å². The van der Waals surface area contributed by atoms with E-state index in [0.717, 1.165) is 18.2 Å². The van der Waals surface area contributed by atoms with Gasteiger partial charge in [-0.05, 0) is 37.1 Å². The van der Waals surface area contributed by atoms with Gasteiger partial charge in [-0.15, -0.1) is 0 Å². The number of amides is 3. The lowest BCUT2D eigenvalue weighted by Gasteiger charge is -2.31. The fraction of sp³-hybridized carbons (Fsp3) is 0.286. The third-order valence-electron chi connectivity index (χ3n) is 4.84. The first-order valence-corrected chi connectivity index (χ1v) is 9.85. The standard InChI is InChI=1S/C21H21FN4O6/c22-17-9-8-16(11-18(17)26(30)31)23-19(27)13-32-20(28)14-5-4-10-25(12-14)21(29)24-15-6-2-1-3-7-15/h1-3,6-9,11,14H,4-5,10,12-13H2,(H,23,27)(H,24,29). The molecule has 0 aromatic heterocycles. The number of halogens is 1. The Morgan fingerprint density at radius 2 is 1.88 bits per heavy atom. The number of piperidine rings is 1. The van der Waals surface area contributed by atoms with Crippen LogP contribution in [-0.4, -0.2) is 47.4 Å². The minimum absolute atomic E-state index is 0.000531. The van der Waals surface area contributed by atoms with E-state index in [1.165, 1.54) is 4.90 Å². The van der Waals surface area contributed by atoms with Gasteiger partial charge in [0.1, 0.15) is 0 Å². The van der Waals surface area contributed by atoms with Gasteiger partial charge in [0.2, 0.25) is 5.82 Å². The van der Waals surface area contributed by atoms with Crippen LogP contribution in [0.15, 0.2) is 48.5 Å². The molecule has 2 N–H and O–H groups in total. The monoisotopic (exact) mass is 444 g/mol. The lowest BCUT2D eigenvalue weighted by molar-refractivity contribution is -0.387. The predicted molar refractivity (Wildman–Crippen MR) is 112 cm³/mol. The van der Waals surface area contributed by atoms with Crippen LogP contribution in [0.4, 0.5) is 26.2 Å². The van der Waals surface area contributed by atoms with Crippen molar-refractivity contribution in [1.82, 2.24) is 4.90 Å². The number of carbonyl (C=O) groups is 3. The molecule has 3 amide bonds. The number of esters is 1. The zero-order valence-corrected chi connectivity index (χ0v) is 17.0. The van der Waals surface area contributed by atoms with Crippen LogP contribution in [-0.2, 0) is 14.3 Å². The fourth-order valence-electron chi connectivity index (χ4n) is 3.26. The Morgan fingerprint density at radius 1 is 1.12 bits per heavy atom. The normalized spacial score (nSPS) is 15.5. The van der Waals surface area contributed by atoms with Gasteiger partial charge in [-0.25, -0.2) is 4.79 Å². The molecule has 1 saturated heterocycles. The van der Waals surface area contributed by atoms with E-state index < -0.39 is 40.8 Å². The predicted octanol–water partition coefficient (Wildman–Crippen LogP) is 3.16. The number of ether oxygens (including phenoxy) is 1. The van der Waals surface area contributed by atoms with Gasteiger partial charge < -0.3 is 20.3 Å². The molecular formula is C21H21FN4O6. The number of anilines is 2. The second-order valence-corrected chi connectivity index (χ2v) is 7.16. The number of nitro groups is 1. The highest BCUT2D eigenvalue weighted by molar-refractivity contribution is 5.93. The minimum Gasteiger partial charge on any atom is -0.455 e. The van der Waals surface area contributed by atoms with Crippen molar-refractivity contribution in [2.24, 2.45) is 5.92 Å². The number of para-hydroxylation sites is 1. The van der Waals surface area contributed by atoms with Crippen LogP contribution in [0.2, 0.25) is 0 Å². The Bertz CT molecular complexity index is 1020. The van der Waals surface area contributed by atoms with Crippen LogP contribution in [0.5, 0.6) is 0 Å². The van der Waals surface area contributed by atoms with Gasteiger partial charge in [0, 0.05) is 30.5 Å². The number of nitrogens with zero attached hydrogens (tertiary/aromatic N) is 2. The fourth-order valence-corrected chi connectivity index (χ4v) is 3.26. The topological polar surface area (TPSA) is 131 Å². The summed E-state index contributed by atoms with van der Waals surface area (Å²) in [6.07, 6.45) is 1.12. The molecule has 1 fully saturated rings. The summed E-state index contributed by atoms with van der Waals surface area (Å²) in [4.78, 5) is 48.2. The number of urea groups is 1. The van der Waals surface area contributed by atoms with E-state index in [4.69, 9.17) is 4.74 Å². The van der Waals surface area contributed by atoms with Crippen LogP contribution < -0.4 is 10.6 Å². The quantitative estimate of drug-likeness (QED) is 0.400. The highest BCUT2D eigenvalue weighted by atomic mass is 19.1. The largest absolute Gasteiger partial charge is 0.455 e. The third kappa shape index (κ3) is 6.00. The van der Waals surface area contributed by atoms with Crippen LogP contribution in [0, 0.1) is 21.8 Å². The Kier molecular flexibility index (Phi) is 7.32. The van der Waals surface area contributed by atoms with E-state index in [1.54, 1.807) is 24.3 Å². The summed E-state index contributed by atoms with van der Waals surface area (Å²) in [5.41, 5.74) is -0.142. The van der Waals surface area contributed by atoms with Crippen molar-refractivity contribution >= 4 is 35.0 Å². The van der Waals surface area contributed by atoms with Gasteiger partial charge in [-0.3, -0.25) is 19.7 Å². The summed E-state index contributed by atoms with van der Waals surface area (Å²) in [7, 11) is 0. The second kappa shape index (κ2) is 10.3. The molecule has 2 aromatic rings. The molecular weight excluding hydrogens is 423 g/mol. The molecule has 0 aliphatic carbocycles. The maximum atomic E-state index is 13.4. The molecule has 0 bridgehead atoms. The molecule has 168 valence electrons. The van der Waals surface area contributed by atoms with E-state index in [2.05, 4.69) is 10.6 Å². The average molecular weight is 444 g/mol. The maximum absolute atomic E-state index is 13.4. The van der Waals surface area contributed by atoms with Crippen molar-refractivity contribution < 1.29 is 28.4 Å². The molecule has 2 aromatic carbocycles. The number of nitro benzene ring substituents is 1. The van der Waals surface area contributed by atoms with Gasteiger partial charge in [0.05, 0.1) is 10.8 Å². The molecule has 10 nitrogen and oxygen atoms in total. The Hall–Kier alpha value is -4.02. The summed E-state index contributed by atoms with van der Waals surface area (Å²) in [5.74, 6) is -2.96. The molecule has 0 radical (unpaired) electrons. The number of carbonyl (C=O) groups excluding carboxylic acids is 3. The van der Waals surface area contributed by atoms with Gasteiger partial charge in [0.15, 0.2) is 6.61 Å². The summed E-state index contributed by atoms with van der Waals surface area (Å²) in [5, 5.41) is 15.9. The van der Waals surface area contributed by atoms with Crippen molar-refractivity contribution in [2.75, 3.05) is 30.3 Å². The number of likely N-dealkylation sites (tertiary alicyclic amines) is 1. The lowest BCUT2D eigenvalue weighted by Crippen LogP contribution is -2.45. The highest BCUT2D eigenvalue weighted by Gasteiger charge is 2.30. The number of rotatable bonds is 6. The van der Waals surface area contributed by atoms with Gasteiger partial charge in [-0.2, -0.15) is 4.39 Å². The van der Waals surface area contributed by atoms with Gasteiger partial charge in [-0.1, -0.05) is 18.2 Å². The van der Waals surface area contributed by atoms with Crippen LogP contribution in [0.3, 0.4) is 0 Å². The minimum atomic E-state index is -1.03. The average Bonchev–Trinajstić information content (AvgIpc) is 2.79. The molecule has 1 atom stereocenters. The molecule has 0 spiro atoms. The van der Waals surface area contributed by atoms with E-state index in [1.807, 2.05) is 6.07 Å². The van der Waals surface area contributed by atoms with Crippen LogP contribution >= 0.6 is 0 Å². The van der Waals surface area contributed by atoms with Crippen LogP contribution in [0.25, 0.3) is 0 Å². The number of hydrogen-bond acceptors (Lipinski definition) is 6. The lowest BCUT2D eigenvalue weighted by atomic mass is 9.98. The van der Waals surface area contributed by atoms with Crippen LogP contribution in [0.1, 0.15) is 12.8 Å². The second-order valence-electron chi connectivity index (χ2n) is 7.16. The highest BCUT2D eigenvalue weighted by Crippen LogP contribution is 2.22. The van der Waals surface area contributed by atoms with E-state index >= 15 is 0 Å². The smallest absolute Gasteiger partial charge is 0.321 e. The zero-order chi connectivity index (χ0) is 23.1. The Balaban J connectivity index is 1.49. The maximum Gasteiger partial charge on any atom is 0.321 e. The van der Waals surface area contributed by atoms with Crippen molar-refractivity contribution in [3.63, 3.8) is 0 Å². The first kappa shape index (κ1) is 22.7. The molecule has 1 unspecified atom stereocenters. The molecule has 1 aliphatic rings. The number of hydrogen-bond donors (Lipinski definition) is 2. The number of benzene rings is 2. The van der Waals surface area contributed by atoms with E-state index in [9.17, 15) is 28.9 Å². The van der Waals surface area contributed by atoms with Crippen molar-refractivity contribution in [3.8, 4) is 0 Å². The third-order valence-corrected chi connectivity index (χ3v) is 4.84. The first-order valence-electron chi connectivity index (χ1n) is 9.85. The van der Waals surface area contributed by atoms with Crippen molar-refractivity contribution in [1.29, 1.82) is 0 Å². The van der Waals surface area contributed by atoms with E-state index in [-0.39, 0.29) is 18.3 Å². The van der Waals surface area contributed by atoms with E-state index in [0.29, 0.717) is 25.1 Å². The Morgan fingerprint density at radius 3 is 2.59 bits per heavy atom. The molecule has 3 rings (SSSR count). The summed E-state index contributed by atoms with van der Waals surface area (Å²) < 4.78 is 18.4.